The molecule has 0 rings (SSSR count). The Labute approximate surface area is 289 Å². The SMILES string of the molecule is CCCCCCCCCCCCCCCCCCC(=O)[O-].CCCCCCCCCCCCCCCCCCC(=O)[O-].[Cd+2]. The minimum atomic E-state index is -0.902. The van der Waals surface area contributed by atoms with Gasteiger partial charge in [0.2, 0.25) is 0 Å². The third-order valence-corrected chi connectivity index (χ3v) is 8.47. The number of rotatable bonds is 34. The third-order valence-electron chi connectivity index (χ3n) is 8.47. The molecule has 0 atom stereocenters. The van der Waals surface area contributed by atoms with E-state index in [1.807, 2.05) is 0 Å². The summed E-state index contributed by atoms with van der Waals surface area (Å²) < 4.78 is 0. The molecule has 0 aliphatic heterocycles. The predicted octanol–water partition coefficient (Wildman–Crippen LogP) is 10.8. The van der Waals surface area contributed by atoms with Gasteiger partial charge in [-0.15, -0.1) is 0 Å². The molecule has 0 spiro atoms. The van der Waals surface area contributed by atoms with Crippen molar-refractivity contribution in [2.75, 3.05) is 0 Å². The second-order valence-electron chi connectivity index (χ2n) is 12.9. The first-order chi connectivity index (χ1) is 20.5. The molecule has 0 fully saturated rings. The van der Waals surface area contributed by atoms with Gasteiger partial charge in [0.25, 0.3) is 0 Å². The fourth-order valence-electron chi connectivity index (χ4n) is 5.63. The molecule has 43 heavy (non-hydrogen) atoms. The molecule has 0 N–H and O–H groups in total. The zero-order valence-corrected chi connectivity index (χ0v) is 33.4. The van der Waals surface area contributed by atoms with Crippen LogP contribution >= 0.6 is 0 Å². The molecule has 0 amide bonds. The molecule has 0 saturated heterocycles. The predicted molar refractivity (Wildman–Crippen MR) is 178 cm³/mol. The molecule has 0 unspecified atom stereocenters. The zero-order chi connectivity index (χ0) is 31.2. The Morgan fingerprint density at radius 1 is 0.302 bits per heavy atom. The Morgan fingerprint density at radius 3 is 0.581 bits per heavy atom. The second-order valence-corrected chi connectivity index (χ2v) is 12.9. The van der Waals surface area contributed by atoms with E-state index in [2.05, 4.69) is 13.8 Å². The zero-order valence-electron chi connectivity index (χ0n) is 29.4. The van der Waals surface area contributed by atoms with Gasteiger partial charge < -0.3 is 19.8 Å². The average molecular weight is 707 g/mol. The Balaban J connectivity index is -0.000000727. The maximum atomic E-state index is 10.2. The van der Waals surface area contributed by atoms with E-state index < -0.39 is 11.9 Å². The van der Waals surface area contributed by atoms with E-state index in [0.29, 0.717) is 0 Å². The summed E-state index contributed by atoms with van der Waals surface area (Å²) in [6.07, 6.45) is 42.7. The minimum absolute atomic E-state index is 0. The molecule has 0 radical (unpaired) electrons. The van der Waals surface area contributed by atoms with Crippen LogP contribution in [-0.4, -0.2) is 11.9 Å². The number of unbranched alkanes of at least 4 members (excludes halogenated alkanes) is 30. The maximum absolute atomic E-state index is 10.2. The number of carboxylic acid groups (broad SMARTS) is 2. The van der Waals surface area contributed by atoms with Gasteiger partial charge in [-0.25, -0.2) is 0 Å². The number of carboxylic acids is 2. The fraction of sp³-hybridized carbons (Fsp3) is 0.947. The van der Waals surface area contributed by atoms with Crippen molar-refractivity contribution in [2.45, 2.75) is 232 Å². The van der Waals surface area contributed by atoms with Crippen molar-refractivity contribution >= 4 is 11.9 Å². The Morgan fingerprint density at radius 2 is 0.442 bits per heavy atom. The molecule has 0 aliphatic rings. The van der Waals surface area contributed by atoms with Crippen LogP contribution in [0, 0.1) is 0 Å². The molecule has 0 heterocycles. The van der Waals surface area contributed by atoms with Gasteiger partial charge in [0.1, 0.15) is 0 Å². The van der Waals surface area contributed by atoms with Crippen molar-refractivity contribution in [3.63, 3.8) is 0 Å². The van der Waals surface area contributed by atoms with Crippen molar-refractivity contribution in [3.8, 4) is 0 Å². The van der Waals surface area contributed by atoms with E-state index >= 15 is 0 Å². The van der Waals surface area contributed by atoms with Gasteiger partial charge in [-0.2, -0.15) is 0 Å². The minimum Gasteiger partial charge on any atom is -0.550 e. The Bertz CT molecular complexity index is 480. The van der Waals surface area contributed by atoms with E-state index in [-0.39, 0.29) is 40.1 Å². The van der Waals surface area contributed by atoms with Crippen molar-refractivity contribution in [2.24, 2.45) is 0 Å². The number of aliphatic carboxylic acids is 2. The van der Waals surface area contributed by atoms with E-state index in [9.17, 15) is 19.8 Å². The summed E-state index contributed by atoms with van der Waals surface area (Å²) >= 11 is 0. The summed E-state index contributed by atoms with van der Waals surface area (Å²) in [6, 6.07) is 0. The van der Waals surface area contributed by atoms with Crippen molar-refractivity contribution in [3.05, 3.63) is 0 Å². The van der Waals surface area contributed by atoms with E-state index in [0.717, 1.165) is 25.7 Å². The Kier molecular flexibility index (Phi) is 48.4. The summed E-state index contributed by atoms with van der Waals surface area (Å²) in [6.45, 7) is 4.54. The van der Waals surface area contributed by atoms with Gasteiger partial charge in [0, 0.05) is 11.9 Å². The first-order valence-corrected chi connectivity index (χ1v) is 18.9. The number of hydrogen-bond donors (Lipinski definition) is 0. The van der Waals surface area contributed by atoms with Crippen LogP contribution < -0.4 is 10.2 Å². The molecular formula is C38H74CdO4. The molecule has 252 valence electrons. The average Bonchev–Trinajstić information content (AvgIpc) is 2.97. The number of carbonyl (C=O) groups is 2. The first-order valence-electron chi connectivity index (χ1n) is 18.9. The first kappa shape index (κ1) is 47.3. The molecule has 0 aliphatic carbocycles. The van der Waals surface area contributed by atoms with Gasteiger partial charge in [-0.1, -0.05) is 206 Å². The van der Waals surface area contributed by atoms with Crippen molar-refractivity contribution in [1.29, 1.82) is 0 Å². The van der Waals surface area contributed by atoms with Gasteiger partial charge in [0.05, 0.1) is 0 Å². The van der Waals surface area contributed by atoms with Crippen LogP contribution in [-0.2, 0) is 36.9 Å². The summed E-state index contributed by atoms with van der Waals surface area (Å²) in [5.41, 5.74) is 0. The van der Waals surface area contributed by atoms with Crippen LogP contribution in [0.1, 0.15) is 232 Å². The van der Waals surface area contributed by atoms with Gasteiger partial charge in [0.15, 0.2) is 0 Å². The molecule has 5 heteroatoms. The van der Waals surface area contributed by atoms with Crippen LogP contribution in [0.5, 0.6) is 0 Å². The van der Waals surface area contributed by atoms with Crippen LogP contribution in [0.2, 0.25) is 0 Å². The van der Waals surface area contributed by atoms with Crippen molar-refractivity contribution in [1.82, 2.24) is 0 Å². The number of carbonyl (C=O) groups excluding carboxylic acids is 2. The van der Waals surface area contributed by atoms with Gasteiger partial charge in [-0.3, -0.25) is 0 Å². The Hall–Kier alpha value is -0.138. The summed E-state index contributed by atoms with van der Waals surface area (Å²) in [4.78, 5) is 20.5. The van der Waals surface area contributed by atoms with E-state index in [4.69, 9.17) is 0 Å². The van der Waals surface area contributed by atoms with Crippen LogP contribution in [0.15, 0.2) is 0 Å². The molecular weight excluding hydrogens is 633 g/mol. The van der Waals surface area contributed by atoms with Crippen molar-refractivity contribution < 1.29 is 47.1 Å². The normalized spacial score (nSPS) is 10.7. The molecule has 0 bridgehead atoms. The molecule has 0 saturated carbocycles. The second kappa shape index (κ2) is 44.0. The largest absolute Gasteiger partial charge is 2.00 e. The standard InChI is InChI=1S/2C19H38O2.Cd/c2*1-2-3-4-5-6-7-8-9-10-11-12-13-14-15-16-17-18-19(20)21;/h2*2-18H2,1H3,(H,20,21);/q;;+2/p-2. The van der Waals surface area contributed by atoms with Gasteiger partial charge >= 0.3 is 27.3 Å². The van der Waals surface area contributed by atoms with Crippen LogP contribution in [0.3, 0.4) is 0 Å². The summed E-state index contributed by atoms with van der Waals surface area (Å²) in [7, 11) is 0. The summed E-state index contributed by atoms with van der Waals surface area (Å²) in [5, 5.41) is 20.5. The van der Waals surface area contributed by atoms with Crippen LogP contribution in [0.25, 0.3) is 0 Å². The smallest absolute Gasteiger partial charge is 0.550 e. The third kappa shape index (κ3) is 51.7. The molecule has 0 aromatic heterocycles. The molecule has 4 nitrogen and oxygen atoms in total. The quantitative estimate of drug-likeness (QED) is 0.0493. The molecule has 0 aromatic rings. The van der Waals surface area contributed by atoms with E-state index in [1.54, 1.807) is 0 Å². The molecule has 0 aromatic carbocycles. The van der Waals surface area contributed by atoms with Gasteiger partial charge in [-0.05, 0) is 25.7 Å². The van der Waals surface area contributed by atoms with Crippen LogP contribution in [0.4, 0.5) is 0 Å². The topological polar surface area (TPSA) is 80.3 Å². The van der Waals surface area contributed by atoms with E-state index in [1.165, 1.54) is 180 Å². The monoisotopic (exact) mass is 708 g/mol. The maximum Gasteiger partial charge on any atom is 2.00 e. The number of hydrogen-bond acceptors (Lipinski definition) is 4. The summed E-state index contributed by atoms with van der Waals surface area (Å²) in [5.74, 6) is -1.80. The fourth-order valence-corrected chi connectivity index (χ4v) is 5.63.